The molecule has 0 unspecified atom stereocenters. The molecule has 1 aromatic heterocycles. The van der Waals surface area contributed by atoms with Crippen LogP contribution < -0.4 is 10.1 Å². The molecule has 0 bridgehead atoms. The third-order valence-corrected chi connectivity index (χ3v) is 5.05. The number of anilines is 1. The molecule has 7 heteroatoms. The Hall–Kier alpha value is -1.31. The average Bonchev–Trinajstić information content (AvgIpc) is 2.92. The van der Waals surface area contributed by atoms with Gasteiger partial charge in [-0.3, -0.25) is 0 Å². The molecular formula is C15H21N3O2S2. The van der Waals surface area contributed by atoms with Crippen LogP contribution in [-0.4, -0.2) is 40.3 Å². The molecule has 5 nitrogen and oxygen atoms in total. The van der Waals surface area contributed by atoms with Gasteiger partial charge in [0.15, 0.2) is 4.34 Å². The number of nitrogens with zero attached hydrogens (tertiary/aromatic N) is 2. The zero-order valence-electron chi connectivity index (χ0n) is 13.0. The van der Waals surface area contributed by atoms with Crippen molar-refractivity contribution in [2.45, 2.75) is 31.2 Å². The number of hydrogen-bond acceptors (Lipinski definition) is 7. The second-order valence-electron chi connectivity index (χ2n) is 4.95. The van der Waals surface area contributed by atoms with E-state index in [0.717, 1.165) is 27.3 Å². The minimum Gasteiger partial charge on any atom is -0.491 e. The van der Waals surface area contributed by atoms with Crippen LogP contribution in [0.1, 0.15) is 18.1 Å². The molecule has 0 amide bonds. The second-order valence-corrected chi connectivity index (χ2v) is 7.19. The van der Waals surface area contributed by atoms with Crippen molar-refractivity contribution in [1.29, 1.82) is 0 Å². The van der Waals surface area contributed by atoms with Crippen LogP contribution in [0.25, 0.3) is 0 Å². The maximum absolute atomic E-state index is 10.0. The van der Waals surface area contributed by atoms with Crippen molar-refractivity contribution < 1.29 is 9.84 Å². The first-order chi connectivity index (χ1) is 10.6. The molecule has 0 aliphatic carbocycles. The summed E-state index contributed by atoms with van der Waals surface area (Å²) in [6.07, 6.45) is -0.544. The lowest BCUT2D eigenvalue weighted by Gasteiger charge is -2.13. The SMILES string of the molecule is CCNc1nnc(SC[C@@H](O)COc2ccc(C)cc2C)s1. The van der Waals surface area contributed by atoms with Gasteiger partial charge in [0.25, 0.3) is 0 Å². The van der Waals surface area contributed by atoms with Crippen LogP contribution in [0.3, 0.4) is 0 Å². The van der Waals surface area contributed by atoms with E-state index < -0.39 is 6.10 Å². The van der Waals surface area contributed by atoms with Crippen molar-refractivity contribution in [3.63, 3.8) is 0 Å². The highest BCUT2D eigenvalue weighted by molar-refractivity contribution is 8.01. The van der Waals surface area contributed by atoms with E-state index in [4.69, 9.17) is 4.74 Å². The molecule has 0 radical (unpaired) electrons. The Morgan fingerprint density at radius 1 is 1.36 bits per heavy atom. The topological polar surface area (TPSA) is 67.3 Å². The molecule has 120 valence electrons. The van der Waals surface area contributed by atoms with Gasteiger partial charge in [0.1, 0.15) is 12.4 Å². The van der Waals surface area contributed by atoms with Crippen molar-refractivity contribution in [2.24, 2.45) is 0 Å². The highest BCUT2D eigenvalue weighted by atomic mass is 32.2. The van der Waals surface area contributed by atoms with Crippen LogP contribution in [0.15, 0.2) is 22.5 Å². The number of aliphatic hydroxyl groups excluding tert-OH is 1. The fourth-order valence-electron chi connectivity index (χ4n) is 1.85. The van der Waals surface area contributed by atoms with Gasteiger partial charge < -0.3 is 15.2 Å². The normalized spacial score (nSPS) is 12.2. The van der Waals surface area contributed by atoms with Gasteiger partial charge in [0.05, 0.1) is 6.10 Å². The standard InChI is InChI=1S/C15H21N3O2S2/c1-4-16-14-17-18-15(22-14)21-9-12(19)8-20-13-6-5-10(2)7-11(13)3/h5-7,12,19H,4,8-9H2,1-3H3,(H,16,17)/t12-/m0/s1. The minimum absolute atomic E-state index is 0.274. The molecule has 1 aromatic carbocycles. The number of thioether (sulfide) groups is 1. The molecule has 22 heavy (non-hydrogen) atoms. The van der Waals surface area contributed by atoms with Crippen LogP contribution in [-0.2, 0) is 0 Å². The highest BCUT2D eigenvalue weighted by Crippen LogP contribution is 2.26. The van der Waals surface area contributed by atoms with Crippen molar-refractivity contribution >= 4 is 28.2 Å². The van der Waals surface area contributed by atoms with Gasteiger partial charge in [-0.2, -0.15) is 0 Å². The Morgan fingerprint density at radius 2 is 2.18 bits per heavy atom. The van der Waals surface area contributed by atoms with Crippen LogP contribution >= 0.6 is 23.1 Å². The molecule has 0 fully saturated rings. The molecule has 0 aliphatic heterocycles. The minimum atomic E-state index is -0.544. The lowest BCUT2D eigenvalue weighted by atomic mass is 10.1. The van der Waals surface area contributed by atoms with E-state index in [-0.39, 0.29) is 6.61 Å². The smallest absolute Gasteiger partial charge is 0.206 e. The highest BCUT2D eigenvalue weighted by Gasteiger charge is 2.10. The van der Waals surface area contributed by atoms with Gasteiger partial charge in [-0.25, -0.2) is 0 Å². The summed E-state index contributed by atoms with van der Waals surface area (Å²) >= 11 is 2.99. The molecule has 2 rings (SSSR count). The van der Waals surface area contributed by atoms with E-state index in [0.29, 0.717) is 5.75 Å². The summed E-state index contributed by atoms with van der Waals surface area (Å²) < 4.78 is 6.53. The van der Waals surface area contributed by atoms with E-state index in [9.17, 15) is 5.11 Å². The predicted molar refractivity (Wildman–Crippen MR) is 92.2 cm³/mol. The number of ether oxygens (including phenoxy) is 1. The van der Waals surface area contributed by atoms with Gasteiger partial charge in [0.2, 0.25) is 5.13 Å². The maximum atomic E-state index is 10.0. The van der Waals surface area contributed by atoms with Crippen molar-refractivity contribution in [3.05, 3.63) is 29.3 Å². The Bertz CT molecular complexity index is 604. The van der Waals surface area contributed by atoms with Gasteiger partial charge in [-0.1, -0.05) is 40.8 Å². The van der Waals surface area contributed by atoms with E-state index in [1.54, 1.807) is 0 Å². The molecule has 0 aliphatic rings. The van der Waals surface area contributed by atoms with E-state index in [1.165, 1.54) is 28.7 Å². The van der Waals surface area contributed by atoms with Crippen molar-refractivity contribution in [3.8, 4) is 5.75 Å². The molecule has 2 N–H and O–H groups in total. The lowest BCUT2D eigenvalue weighted by Crippen LogP contribution is -2.20. The second kappa shape index (κ2) is 8.36. The molecule has 0 spiro atoms. The Labute approximate surface area is 139 Å². The van der Waals surface area contributed by atoms with E-state index in [2.05, 4.69) is 21.6 Å². The van der Waals surface area contributed by atoms with E-state index in [1.807, 2.05) is 32.9 Å². The fraction of sp³-hybridized carbons (Fsp3) is 0.467. The van der Waals surface area contributed by atoms with Gasteiger partial charge in [-0.05, 0) is 32.4 Å². The summed E-state index contributed by atoms with van der Waals surface area (Å²) in [6, 6.07) is 6.02. The van der Waals surface area contributed by atoms with Crippen LogP contribution in [0.4, 0.5) is 5.13 Å². The monoisotopic (exact) mass is 339 g/mol. The molecule has 0 saturated carbocycles. The number of hydrogen-bond donors (Lipinski definition) is 2. The summed E-state index contributed by atoms with van der Waals surface area (Å²) in [7, 11) is 0. The molecule has 1 heterocycles. The van der Waals surface area contributed by atoms with Crippen molar-refractivity contribution in [1.82, 2.24) is 10.2 Å². The first-order valence-corrected chi connectivity index (χ1v) is 8.97. The van der Waals surface area contributed by atoms with Gasteiger partial charge >= 0.3 is 0 Å². The summed E-state index contributed by atoms with van der Waals surface area (Å²) in [5.41, 5.74) is 2.29. The van der Waals surface area contributed by atoms with Crippen molar-refractivity contribution in [2.75, 3.05) is 24.2 Å². The number of benzene rings is 1. The fourth-order valence-corrected chi connectivity index (χ4v) is 3.61. The largest absolute Gasteiger partial charge is 0.491 e. The molecular weight excluding hydrogens is 318 g/mol. The predicted octanol–water partition coefficient (Wildman–Crippen LogP) is 3.12. The summed E-state index contributed by atoms with van der Waals surface area (Å²) in [5, 5.41) is 22.0. The first kappa shape index (κ1) is 17.1. The average molecular weight is 339 g/mol. The zero-order valence-corrected chi connectivity index (χ0v) is 14.6. The third kappa shape index (κ3) is 5.15. The summed E-state index contributed by atoms with van der Waals surface area (Å²) in [5.74, 6) is 1.35. The Morgan fingerprint density at radius 3 is 2.91 bits per heavy atom. The maximum Gasteiger partial charge on any atom is 0.206 e. The number of aryl methyl sites for hydroxylation is 2. The third-order valence-electron chi connectivity index (χ3n) is 2.90. The van der Waals surface area contributed by atoms with Crippen LogP contribution in [0, 0.1) is 13.8 Å². The Balaban J connectivity index is 1.76. The first-order valence-electron chi connectivity index (χ1n) is 7.16. The number of aliphatic hydroxyl groups is 1. The number of rotatable bonds is 8. The van der Waals surface area contributed by atoms with Crippen LogP contribution in [0.2, 0.25) is 0 Å². The summed E-state index contributed by atoms with van der Waals surface area (Å²) in [6.45, 7) is 7.17. The van der Waals surface area contributed by atoms with Crippen LogP contribution in [0.5, 0.6) is 5.75 Å². The quantitative estimate of drug-likeness (QED) is 0.720. The molecule has 1 atom stereocenters. The zero-order chi connectivity index (χ0) is 15.9. The molecule has 0 saturated heterocycles. The Kier molecular flexibility index (Phi) is 6.48. The summed E-state index contributed by atoms with van der Waals surface area (Å²) in [4.78, 5) is 0. The number of aromatic nitrogens is 2. The van der Waals surface area contributed by atoms with Gasteiger partial charge in [-0.15, -0.1) is 10.2 Å². The lowest BCUT2D eigenvalue weighted by molar-refractivity contribution is 0.126. The molecule has 2 aromatic rings. The van der Waals surface area contributed by atoms with E-state index >= 15 is 0 Å². The van der Waals surface area contributed by atoms with Gasteiger partial charge in [0, 0.05) is 12.3 Å². The number of nitrogens with one attached hydrogen (secondary N) is 1.